The van der Waals surface area contributed by atoms with Crippen molar-refractivity contribution in [2.75, 3.05) is 46.2 Å². The standard InChI is InChI=1S/C17H24N2O4S/c1-18-11-17(9-16(18)20)12-19(7-8-23-13-17)10-14-3-5-15(6-4-14)24(2,21)22/h3-6H,7-13H2,1-2H3. The van der Waals surface area contributed by atoms with Crippen LogP contribution in [0.2, 0.25) is 0 Å². The minimum Gasteiger partial charge on any atom is -0.379 e. The van der Waals surface area contributed by atoms with E-state index in [1.807, 2.05) is 19.2 Å². The summed E-state index contributed by atoms with van der Waals surface area (Å²) in [5, 5.41) is 0. The van der Waals surface area contributed by atoms with E-state index < -0.39 is 9.84 Å². The Kier molecular flexibility index (Phi) is 4.68. The molecule has 7 heteroatoms. The summed E-state index contributed by atoms with van der Waals surface area (Å²) in [5.74, 6) is 0.179. The lowest BCUT2D eigenvalue weighted by Crippen LogP contribution is -2.40. The second-order valence-corrected chi connectivity index (χ2v) is 9.12. The van der Waals surface area contributed by atoms with Crippen LogP contribution in [0.5, 0.6) is 0 Å². The van der Waals surface area contributed by atoms with Crippen LogP contribution in [0, 0.1) is 5.41 Å². The number of carbonyl (C=O) groups excluding carboxylic acids is 1. The van der Waals surface area contributed by atoms with Crippen LogP contribution in [0.4, 0.5) is 0 Å². The molecular formula is C17H24N2O4S. The normalized spacial score (nSPS) is 26.1. The van der Waals surface area contributed by atoms with Crippen molar-refractivity contribution in [3.05, 3.63) is 29.8 Å². The van der Waals surface area contributed by atoms with Gasteiger partial charge in [-0.15, -0.1) is 0 Å². The zero-order valence-corrected chi connectivity index (χ0v) is 15.0. The maximum absolute atomic E-state index is 12.0. The largest absolute Gasteiger partial charge is 0.379 e. The number of benzene rings is 1. The second-order valence-electron chi connectivity index (χ2n) is 7.11. The van der Waals surface area contributed by atoms with E-state index in [1.165, 1.54) is 6.26 Å². The summed E-state index contributed by atoms with van der Waals surface area (Å²) in [4.78, 5) is 16.4. The molecule has 2 aliphatic heterocycles. The molecular weight excluding hydrogens is 328 g/mol. The Morgan fingerprint density at radius 3 is 2.50 bits per heavy atom. The van der Waals surface area contributed by atoms with E-state index in [4.69, 9.17) is 4.74 Å². The van der Waals surface area contributed by atoms with Crippen LogP contribution in [-0.2, 0) is 25.9 Å². The molecule has 2 fully saturated rings. The maximum Gasteiger partial charge on any atom is 0.223 e. The Morgan fingerprint density at radius 2 is 1.92 bits per heavy atom. The zero-order valence-electron chi connectivity index (χ0n) is 14.2. The summed E-state index contributed by atoms with van der Waals surface area (Å²) < 4.78 is 28.9. The molecule has 2 aliphatic rings. The summed E-state index contributed by atoms with van der Waals surface area (Å²) in [6.07, 6.45) is 1.75. The predicted octanol–water partition coefficient (Wildman–Crippen LogP) is 0.771. The Balaban J connectivity index is 1.71. The smallest absolute Gasteiger partial charge is 0.223 e. The molecule has 6 nitrogen and oxygen atoms in total. The predicted molar refractivity (Wildman–Crippen MR) is 90.3 cm³/mol. The van der Waals surface area contributed by atoms with Gasteiger partial charge in [-0.3, -0.25) is 9.69 Å². The molecule has 1 aromatic carbocycles. The highest BCUT2D eigenvalue weighted by Crippen LogP contribution is 2.33. The van der Waals surface area contributed by atoms with Crippen molar-refractivity contribution in [3.63, 3.8) is 0 Å². The van der Waals surface area contributed by atoms with E-state index in [2.05, 4.69) is 4.90 Å². The van der Waals surface area contributed by atoms with E-state index in [0.29, 0.717) is 24.5 Å². The van der Waals surface area contributed by atoms with E-state index in [9.17, 15) is 13.2 Å². The third-order valence-corrected chi connectivity index (χ3v) is 5.93. The van der Waals surface area contributed by atoms with Crippen LogP contribution < -0.4 is 0 Å². The first-order valence-electron chi connectivity index (χ1n) is 8.11. The van der Waals surface area contributed by atoms with Gasteiger partial charge in [-0.1, -0.05) is 12.1 Å². The lowest BCUT2D eigenvalue weighted by atomic mass is 9.87. The number of sulfone groups is 1. The van der Waals surface area contributed by atoms with Crippen molar-refractivity contribution < 1.29 is 17.9 Å². The first kappa shape index (κ1) is 17.4. The Labute approximate surface area is 143 Å². The summed E-state index contributed by atoms with van der Waals surface area (Å²) in [5.41, 5.74) is 0.937. The van der Waals surface area contributed by atoms with Gasteiger partial charge in [-0.05, 0) is 17.7 Å². The van der Waals surface area contributed by atoms with Gasteiger partial charge in [0.05, 0.1) is 18.1 Å². The van der Waals surface area contributed by atoms with Gasteiger partial charge in [0.2, 0.25) is 5.91 Å². The molecule has 2 heterocycles. The molecule has 1 atom stereocenters. The van der Waals surface area contributed by atoms with Crippen molar-refractivity contribution in [1.29, 1.82) is 0 Å². The van der Waals surface area contributed by atoms with Gasteiger partial charge >= 0.3 is 0 Å². The van der Waals surface area contributed by atoms with Crippen LogP contribution in [0.1, 0.15) is 12.0 Å². The van der Waals surface area contributed by atoms with Gasteiger partial charge in [0.15, 0.2) is 9.84 Å². The van der Waals surface area contributed by atoms with Gasteiger partial charge in [-0.2, -0.15) is 0 Å². The van der Waals surface area contributed by atoms with Gasteiger partial charge in [0.25, 0.3) is 0 Å². The van der Waals surface area contributed by atoms with E-state index in [0.717, 1.165) is 31.7 Å². The molecule has 0 aliphatic carbocycles. The highest BCUT2D eigenvalue weighted by molar-refractivity contribution is 7.90. The molecule has 1 aromatic rings. The van der Waals surface area contributed by atoms with E-state index >= 15 is 0 Å². The molecule has 0 radical (unpaired) electrons. The summed E-state index contributed by atoms with van der Waals surface area (Å²) >= 11 is 0. The summed E-state index contributed by atoms with van der Waals surface area (Å²) in [7, 11) is -1.32. The zero-order chi connectivity index (χ0) is 17.4. The van der Waals surface area contributed by atoms with Gasteiger partial charge < -0.3 is 9.64 Å². The van der Waals surface area contributed by atoms with Crippen LogP contribution in [-0.4, -0.2) is 70.3 Å². The number of hydrogen-bond donors (Lipinski definition) is 0. The second kappa shape index (κ2) is 6.46. The first-order valence-corrected chi connectivity index (χ1v) is 10.00. The molecule has 24 heavy (non-hydrogen) atoms. The highest BCUT2D eigenvalue weighted by Gasteiger charge is 2.44. The van der Waals surface area contributed by atoms with E-state index in [1.54, 1.807) is 17.0 Å². The van der Waals surface area contributed by atoms with Crippen molar-refractivity contribution >= 4 is 15.7 Å². The number of carbonyl (C=O) groups is 1. The monoisotopic (exact) mass is 352 g/mol. The fourth-order valence-corrected chi connectivity index (χ4v) is 4.25. The van der Waals surface area contributed by atoms with Gasteiger partial charge in [-0.25, -0.2) is 8.42 Å². The molecule has 1 unspecified atom stereocenters. The van der Waals surface area contributed by atoms with Crippen molar-refractivity contribution in [2.24, 2.45) is 5.41 Å². The number of rotatable bonds is 3. The molecule has 132 valence electrons. The number of hydrogen-bond acceptors (Lipinski definition) is 5. The molecule has 2 saturated heterocycles. The molecule has 0 N–H and O–H groups in total. The lowest BCUT2D eigenvalue weighted by molar-refractivity contribution is -0.126. The summed E-state index contributed by atoms with van der Waals surface area (Å²) in [6, 6.07) is 7.03. The topological polar surface area (TPSA) is 66.9 Å². The van der Waals surface area contributed by atoms with Crippen LogP contribution >= 0.6 is 0 Å². The fraction of sp³-hybridized carbons (Fsp3) is 0.588. The number of amides is 1. The minimum atomic E-state index is -3.17. The lowest BCUT2D eigenvalue weighted by Gasteiger charge is -2.30. The Bertz CT molecular complexity index is 717. The average Bonchev–Trinajstić information content (AvgIpc) is 2.66. The molecule has 0 aromatic heterocycles. The minimum absolute atomic E-state index is 0.130. The molecule has 3 rings (SSSR count). The SMILES string of the molecule is CN1CC2(COCCN(Cc3ccc(S(C)(=O)=O)cc3)C2)CC1=O. The third kappa shape index (κ3) is 3.79. The molecule has 1 amide bonds. The Hall–Kier alpha value is -1.44. The molecule has 0 bridgehead atoms. The number of ether oxygens (including phenoxy) is 1. The summed E-state index contributed by atoms with van der Waals surface area (Å²) in [6.45, 7) is 4.36. The third-order valence-electron chi connectivity index (χ3n) is 4.80. The highest BCUT2D eigenvalue weighted by atomic mass is 32.2. The number of likely N-dealkylation sites (tertiary alicyclic amines) is 1. The maximum atomic E-state index is 12.0. The van der Waals surface area contributed by atoms with Crippen molar-refractivity contribution in [2.45, 2.75) is 17.9 Å². The fourth-order valence-electron chi connectivity index (χ4n) is 3.62. The first-order chi connectivity index (χ1) is 11.3. The van der Waals surface area contributed by atoms with Crippen LogP contribution in [0.25, 0.3) is 0 Å². The molecule has 1 spiro atoms. The quantitative estimate of drug-likeness (QED) is 0.804. The van der Waals surface area contributed by atoms with E-state index in [-0.39, 0.29) is 11.3 Å². The van der Waals surface area contributed by atoms with Crippen LogP contribution in [0.3, 0.4) is 0 Å². The van der Waals surface area contributed by atoms with Crippen molar-refractivity contribution in [1.82, 2.24) is 9.80 Å². The molecule has 0 saturated carbocycles. The average molecular weight is 352 g/mol. The Morgan fingerprint density at radius 1 is 1.21 bits per heavy atom. The van der Waals surface area contributed by atoms with Gasteiger partial charge in [0.1, 0.15) is 0 Å². The van der Waals surface area contributed by atoms with Gasteiger partial charge in [0, 0.05) is 51.3 Å². The van der Waals surface area contributed by atoms with Crippen molar-refractivity contribution in [3.8, 4) is 0 Å². The number of nitrogens with zero attached hydrogens (tertiary/aromatic N) is 2. The van der Waals surface area contributed by atoms with Crippen LogP contribution in [0.15, 0.2) is 29.2 Å².